The lowest BCUT2D eigenvalue weighted by Gasteiger charge is -2.14. The minimum Gasteiger partial charge on any atom is -1.00 e. The van der Waals surface area contributed by atoms with Gasteiger partial charge in [-0.2, -0.15) is 0 Å². The third-order valence-corrected chi connectivity index (χ3v) is 3.55. The second-order valence-electron chi connectivity index (χ2n) is 5.26. The molecule has 0 aliphatic carbocycles. The van der Waals surface area contributed by atoms with Gasteiger partial charge in [-0.15, -0.1) is 0 Å². The van der Waals surface area contributed by atoms with Crippen molar-refractivity contribution in [3.8, 4) is 17.2 Å². The van der Waals surface area contributed by atoms with Crippen molar-refractivity contribution in [2.24, 2.45) is 12.8 Å². The molecule has 0 atom stereocenters. The van der Waals surface area contributed by atoms with Crippen LogP contribution in [0.2, 0.25) is 0 Å². The highest BCUT2D eigenvalue weighted by Crippen LogP contribution is 2.38. The van der Waals surface area contributed by atoms with E-state index in [9.17, 15) is 4.79 Å². The highest BCUT2D eigenvalue weighted by atomic mass is 127. The fourth-order valence-electron chi connectivity index (χ4n) is 2.36. The van der Waals surface area contributed by atoms with E-state index in [1.54, 1.807) is 39.5 Å². The molecule has 26 heavy (non-hydrogen) atoms. The number of hydrogen-bond donors (Lipinski definition) is 2. The van der Waals surface area contributed by atoms with E-state index in [4.69, 9.17) is 19.9 Å². The number of carbonyl (C=O) groups is 1. The standard InChI is InChI=1S/C18H21N3O4.HI/c1-21-7-5-13(6-8-21)14(20-18(19)22)9-12-10-15(23-2)17(25-4)16(11-12)24-3;/h5-11H,1-4H3,(H2-,19,20,22);1H/b14-9-;. The Morgan fingerprint density at radius 2 is 1.62 bits per heavy atom. The van der Waals surface area contributed by atoms with Crippen LogP contribution in [0.25, 0.3) is 11.8 Å². The molecule has 0 radical (unpaired) electrons. The Morgan fingerprint density at radius 1 is 1.08 bits per heavy atom. The summed E-state index contributed by atoms with van der Waals surface area (Å²) in [4.78, 5) is 11.4. The van der Waals surface area contributed by atoms with E-state index >= 15 is 0 Å². The van der Waals surface area contributed by atoms with Gasteiger partial charge in [-0.3, -0.25) is 0 Å². The quantitative estimate of drug-likeness (QED) is 0.406. The highest BCUT2D eigenvalue weighted by molar-refractivity contribution is 5.91. The molecule has 7 nitrogen and oxygen atoms in total. The van der Waals surface area contributed by atoms with Crippen LogP contribution in [0.5, 0.6) is 17.2 Å². The fraction of sp³-hybridized carbons (Fsp3) is 0.222. The SMILES string of the molecule is COc1cc(/C=C(\NC(N)=O)c2cc[n+](C)cc2)cc(OC)c1OC.[I-]. The number of carbonyl (C=O) groups excluding carboxylic acids is 1. The topological polar surface area (TPSA) is 86.7 Å². The lowest BCUT2D eigenvalue weighted by Crippen LogP contribution is -3.00. The molecular weight excluding hydrogens is 449 g/mol. The molecule has 2 amide bonds. The molecular formula is C18H22IN3O4. The number of nitrogens with one attached hydrogen (secondary N) is 1. The van der Waals surface area contributed by atoms with Gasteiger partial charge in [0.1, 0.15) is 7.05 Å². The number of ether oxygens (including phenoxy) is 3. The zero-order valence-corrected chi connectivity index (χ0v) is 17.2. The first-order chi connectivity index (χ1) is 12.0. The maximum atomic E-state index is 11.4. The van der Waals surface area contributed by atoms with E-state index in [0.29, 0.717) is 22.9 Å². The fourth-order valence-corrected chi connectivity index (χ4v) is 2.36. The third-order valence-electron chi connectivity index (χ3n) is 3.55. The van der Waals surface area contributed by atoms with Gasteiger partial charge in [0.05, 0.1) is 27.0 Å². The first-order valence-electron chi connectivity index (χ1n) is 7.52. The summed E-state index contributed by atoms with van der Waals surface area (Å²) < 4.78 is 17.9. The summed E-state index contributed by atoms with van der Waals surface area (Å²) in [5.74, 6) is 1.54. The predicted molar refractivity (Wildman–Crippen MR) is 94.3 cm³/mol. The molecule has 2 aromatic rings. The van der Waals surface area contributed by atoms with E-state index in [1.165, 1.54) is 0 Å². The van der Waals surface area contributed by atoms with Crippen molar-refractivity contribution in [2.45, 2.75) is 0 Å². The molecule has 0 unspecified atom stereocenters. The van der Waals surface area contributed by atoms with Gasteiger partial charge in [-0.05, 0) is 23.8 Å². The average Bonchev–Trinajstić information content (AvgIpc) is 2.60. The molecule has 1 heterocycles. The van der Waals surface area contributed by atoms with E-state index in [-0.39, 0.29) is 24.0 Å². The van der Waals surface area contributed by atoms with E-state index in [0.717, 1.165) is 11.1 Å². The van der Waals surface area contributed by atoms with Gasteiger partial charge in [0, 0.05) is 17.7 Å². The van der Waals surface area contributed by atoms with Crippen LogP contribution in [0.4, 0.5) is 4.79 Å². The lowest BCUT2D eigenvalue weighted by atomic mass is 10.1. The molecule has 0 fully saturated rings. The number of methoxy groups -OCH3 is 3. The summed E-state index contributed by atoms with van der Waals surface area (Å²) in [5, 5.41) is 2.65. The Kier molecular flexibility index (Phi) is 8.17. The summed E-state index contributed by atoms with van der Waals surface area (Å²) in [7, 11) is 6.54. The van der Waals surface area contributed by atoms with E-state index in [2.05, 4.69) is 5.32 Å². The maximum Gasteiger partial charge on any atom is 0.316 e. The molecule has 0 saturated carbocycles. The van der Waals surface area contributed by atoms with Crippen molar-refractivity contribution < 1.29 is 47.5 Å². The number of amides is 2. The first-order valence-corrected chi connectivity index (χ1v) is 7.52. The van der Waals surface area contributed by atoms with Gasteiger partial charge in [0.15, 0.2) is 23.9 Å². The van der Waals surface area contributed by atoms with Crippen LogP contribution in [0.15, 0.2) is 36.7 Å². The zero-order valence-electron chi connectivity index (χ0n) is 15.1. The number of aromatic nitrogens is 1. The minimum atomic E-state index is -0.646. The summed E-state index contributed by atoms with van der Waals surface area (Å²) >= 11 is 0. The molecule has 1 aromatic heterocycles. The van der Waals surface area contributed by atoms with Crippen LogP contribution < -0.4 is 53.8 Å². The minimum absolute atomic E-state index is 0. The average molecular weight is 471 g/mol. The second-order valence-corrected chi connectivity index (χ2v) is 5.26. The smallest absolute Gasteiger partial charge is 0.316 e. The van der Waals surface area contributed by atoms with Crippen LogP contribution in [0.3, 0.4) is 0 Å². The zero-order chi connectivity index (χ0) is 18.4. The van der Waals surface area contributed by atoms with Gasteiger partial charge < -0.3 is 49.2 Å². The Balaban J connectivity index is 0.00000338. The summed E-state index contributed by atoms with van der Waals surface area (Å²) in [6.45, 7) is 0. The number of pyridine rings is 1. The van der Waals surface area contributed by atoms with Gasteiger partial charge in [0.25, 0.3) is 0 Å². The predicted octanol–water partition coefficient (Wildman–Crippen LogP) is -1.29. The van der Waals surface area contributed by atoms with Gasteiger partial charge >= 0.3 is 6.03 Å². The van der Waals surface area contributed by atoms with Crippen molar-refractivity contribution in [1.29, 1.82) is 0 Å². The van der Waals surface area contributed by atoms with Crippen molar-refractivity contribution in [3.63, 3.8) is 0 Å². The van der Waals surface area contributed by atoms with Crippen molar-refractivity contribution >= 4 is 17.8 Å². The van der Waals surface area contributed by atoms with Gasteiger partial charge in [-0.25, -0.2) is 9.36 Å². The molecule has 0 aliphatic rings. The molecule has 0 aliphatic heterocycles. The number of urea groups is 1. The summed E-state index contributed by atoms with van der Waals surface area (Å²) in [6.07, 6.45) is 5.53. The van der Waals surface area contributed by atoms with Crippen LogP contribution in [0, 0.1) is 0 Å². The second kappa shape index (κ2) is 9.85. The largest absolute Gasteiger partial charge is 1.00 e. The van der Waals surface area contributed by atoms with Crippen molar-refractivity contribution in [1.82, 2.24) is 5.32 Å². The molecule has 0 spiro atoms. The normalized spacial score (nSPS) is 10.5. The number of primary amides is 1. The number of nitrogens with zero attached hydrogens (tertiary/aromatic N) is 1. The number of rotatable bonds is 6. The summed E-state index contributed by atoms with van der Waals surface area (Å²) in [6, 6.07) is 6.67. The molecule has 140 valence electrons. The lowest BCUT2D eigenvalue weighted by molar-refractivity contribution is -0.671. The summed E-state index contributed by atoms with van der Waals surface area (Å²) in [5.41, 5.74) is 7.43. The van der Waals surface area contributed by atoms with Crippen LogP contribution in [0.1, 0.15) is 11.1 Å². The Morgan fingerprint density at radius 3 is 2.04 bits per heavy atom. The van der Waals surface area contributed by atoms with Gasteiger partial charge in [-0.1, -0.05) is 0 Å². The highest BCUT2D eigenvalue weighted by Gasteiger charge is 2.14. The molecule has 2 rings (SSSR count). The molecule has 1 aromatic carbocycles. The van der Waals surface area contributed by atoms with Crippen LogP contribution in [-0.2, 0) is 7.05 Å². The maximum absolute atomic E-state index is 11.4. The Hall–Kier alpha value is -2.49. The van der Waals surface area contributed by atoms with Crippen LogP contribution in [-0.4, -0.2) is 27.4 Å². The Labute approximate surface area is 169 Å². The van der Waals surface area contributed by atoms with E-state index in [1.807, 2.05) is 36.1 Å². The van der Waals surface area contributed by atoms with Crippen molar-refractivity contribution in [3.05, 3.63) is 47.8 Å². The first kappa shape index (κ1) is 21.6. The van der Waals surface area contributed by atoms with Crippen LogP contribution >= 0.6 is 0 Å². The number of aryl methyl sites for hydroxylation is 1. The number of nitrogens with two attached hydrogens (primary N) is 1. The molecule has 0 bridgehead atoms. The Bertz CT molecular complexity index is 767. The third kappa shape index (κ3) is 5.25. The number of halogens is 1. The van der Waals surface area contributed by atoms with E-state index < -0.39 is 6.03 Å². The number of hydrogen-bond acceptors (Lipinski definition) is 4. The molecule has 3 N–H and O–H groups in total. The molecule has 0 saturated heterocycles. The van der Waals surface area contributed by atoms with Gasteiger partial charge in [0.2, 0.25) is 5.75 Å². The molecule has 8 heteroatoms. The van der Waals surface area contributed by atoms with Crippen molar-refractivity contribution in [2.75, 3.05) is 21.3 Å². The monoisotopic (exact) mass is 471 g/mol. The number of benzene rings is 1.